The van der Waals surface area contributed by atoms with Crippen LogP contribution in [0, 0.1) is 0 Å². The third-order valence-electron chi connectivity index (χ3n) is 4.27. The van der Waals surface area contributed by atoms with Crippen molar-refractivity contribution < 1.29 is 24.6 Å². The summed E-state index contributed by atoms with van der Waals surface area (Å²) in [7, 11) is 1.44. The molecule has 0 aliphatic heterocycles. The number of hydrogen-bond acceptors (Lipinski definition) is 3. The summed E-state index contributed by atoms with van der Waals surface area (Å²) in [6, 6.07) is -1.06. The molecule has 0 saturated carbocycles. The first kappa shape index (κ1) is 22.4. The Morgan fingerprint density at radius 1 is 0.833 bits per heavy atom. The van der Waals surface area contributed by atoms with E-state index >= 15 is 0 Å². The van der Waals surface area contributed by atoms with Crippen LogP contribution in [0.4, 0.5) is 0 Å². The van der Waals surface area contributed by atoms with Crippen LogP contribution in [0.25, 0.3) is 0 Å². The van der Waals surface area contributed by atoms with Crippen LogP contribution in [0.5, 0.6) is 0 Å². The SMILES string of the molecule is CCCCCCCCCCCC(=O)N(C)[C@H](CCC(=O)O)C(=O)O. The Morgan fingerprint density at radius 3 is 1.79 bits per heavy atom. The molecule has 0 rings (SSSR count). The molecule has 0 fully saturated rings. The van der Waals surface area contributed by atoms with Crippen molar-refractivity contribution in [1.29, 1.82) is 0 Å². The molecule has 0 aromatic rings. The molecule has 1 atom stereocenters. The lowest BCUT2D eigenvalue weighted by Gasteiger charge is -2.24. The number of amides is 1. The summed E-state index contributed by atoms with van der Waals surface area (Å²) >= 11 is 0. The van der Waals surface area contributed by atoms with Gasteiger partial charge in [0.15, 0.2) is 0 Å². The number of nitrogens with zero attached hydrogens (tertiary/aromatic N) is 1. The average Bonchev–Trinajstić information content (AvgIpc) is 2.52. The van der Waals surface area contributed by atoms with Crippen molar-refractivity contribution in [1.82, 2.24) is 4.90 Å². The first-order chi connectivity index (χ1) is 11.4. The highest BCUT2D eigenvalue weighted by atomic mass is 16.4. The maximum absolute atomic E-state index is 12.1. The van der Waals surface area contributed by atoms with Crippen molar-refractivity contribution in [3.05, 3.63) is 0 Å². The molecule has 140 valence electrons. The maximum atomic E-state index is 12.1. The van der Waals surface area contributed by atoms with Crippen LogP contribution in [0.15, 0.2) is 0 Å². The fourth-order valence-electron chi connectivity index (χ4n) is 2.68. The maximum Gasteiger partial charge on any atom is 0.326 e. The van der Waals surface area contributed by atoms with Crippen molar-refractivity contribution in [2.24, 2.45) is 0 Å². The zero-order valence-corrected chi connectivity index (χ0v) is 15.1. The van der Waals surface area contributed by atoms with E-state index in [1.807, 2.05) is 0 Å². The lowest BCUT2D eigenvalue weighted by Crippen LogP contribution is -2.42. The standard InChI is InChI=1S/C18H33NO5/c1-3-4-5-6-7-8-9-10-11-12-16(20)19(2)15(18(23)24)13-14-17(21)22/h15H,3-14H2,1-2H3,(H,21,22)(H,23,24)/t15-/m1/s1. The van der Waals surface area contributed by atoms with Crippen LogP contribution in [-0.4, -0.2) is 46.0 Å². The molecule has 0 aliphatic rings. The zero-order valence-electron chi connectivity index (χ0n) is 15.1. The lowest BCUT2D eigenvalue weighted by molar-refractivity contribution is -0.150. The lowest BCUT2D eigenvalue weighted by atomic mass is 10.1. The minimum Gasteiger partial charge on any atom is -0.481 e. The molecule has 0 unspecified atom stereocenters. The topological polar surface area (TPSA) is 94.9 Å². The van der Waals surface area contributed by atoms with E-state index in [1.165, 1.54) is 50.5 Å². The normalized spacial score (nSPS) is 11.9. The summed E-state index contributed by atoms with van der Waals surface area (Å²) in [6.45, 7) is 2.20. The molecule has 1 amide bonds. The number of aliphatic carboxylic acids is 2. The zero-order chi connectivity index (χ0) is 18.4. The fourth-order valence-corrected chi connectivity index (χ4v) is 2.68. The predicted molar refractivity (Wildman–Crippen MR) is 92.9 cm³/mol. The second kappa shape index (κ2) is 13.8. The summed E-state index contributed by atoms with van der Waals surface area (Å²) in [5.74, 6) is -2.43. The minimum atomic E-state index is -1.15. The van der Waals surface area contributed by atoms with Gasteiger partial charge in [0.2, 0.25) is 5.91 Å². The number of unbranched alkanes of at least 4 members (excludes halogenated alkanes) is 8. The average molecular weight is 343 g/mol. The summed E-state index contributed by atoms with van der Waals surface area (Å²) in [5.41, 5.74) is 0. The van der Waals surface area contributed by atoms with E-state index in [0.29, 0.717) is 6.42 Å². The Bertz CT molecular complexity index is 384. The number of carbonyl (C=O) groups is 3. The summed E-state index contributed by atoms with van der Waals surface area (Å²) in [6.07, 6.45) is 10.4. The number of carboxylic acids is 2. The van der Waals surface area contributed by atoms with Gasteiger partial charge in [-0.3, -0.25) is 9.59 Å². The van der Waals surface area contributed by atoms with Gasteiger partial charge in [0, 0.05) is 19.9 Å². The van der Waals surface area contributed by atoms with E-state index in [9.17, 15) is 14.4 Å². The second-order valence-electron chi connectivity index (χ2n) is 6.37. The minimum absolute atomic E-state index is 0.0648. The number of hydrogen-bond donors (Lipinski definition) is 2. The Kier molecular flexibility index (Phi) is 12.9. The van der Waals surface area contributed by atoms with Gasteiger partial charge in [0.05, 0.1) is 0 Å². The fraction of sp³-hybridized carbons (Fsp3) is 0.833. The smallest absolute Gasteiger partial charge is 0.326 e. The molecule has 0 spiro atoms. The Hall–Kier alpha value is -1.59. The van der Waals surface area contributed by atoms with Gasteiger partial charge in [0.25, 0.3) is 0 Å². The Labute approximate surface area is 145 Å². The van der Waals surface area contributed by atoms with E-state index in [0.717, 1.165) is 19.3 Å². The van der Waals surface area contributed by atoms with Crippen LogP contribution in [0.1, 0.15) is 84.0 Å². The van der Waals surface area contributed by atoms with E-state index in [-0.39, 0.29) is 18.7 Å². The van der Waals surface area contributed by atoms with E-state index in [2.05, 4.69) is 6.92 Å². The van der Waals surface area contributed by atoms with Gasteiger partial charge in [-0.1, -0.05) is 58.3 Å². The van der Waals surface area contributed by atoms with Gasteiger partial charge >= 0.3 is 11.9 Å². The molecule has 0 radical (unpaired) electrons. The van der Waals surface area contributed by atoms with Crippen LogP contribution < -0.4 is 0 Å². The van der Waals surface area contributed by atoms with Crippen molar-refractivity contribution >= 4 is 17.8 Å². The van der Waals surface area contributed by atoms with Crippen molar-refractivity contribution in [3.63, 3.8) is 0 Å². The van der Waals surface area contributed by atoms with Crippen molar-refractivity contribution in [3.8, 4) is 0 Å². The molecule has 24 heavy (non-hydrogen) atoms. The molecule has 0 saturated heterocycles. The highest BCUT2D eigenvalue weighted by molar-refractivity contribution is 5.83. The summed E-state index contributed by atoms with van der Waals surface area (Å²) in [4.78, 5) is 35.0. The van der Waals surface area contributed by atoms with E-state index in [1.54, 1.807) is 0 Å². The molecular weight excluding hydrogens is 310 g/mol. The third-order valence-corrected chi connectivity index (χ3v) is 4.27. The summed E-state index contributed by atoms with van der Waals surface area (Å²) < 4.78 is 0. The largest absolute Gasteiger partial charge is 0.481 e. The number of likely N-dealkylation sites (N-methyl/N-ethyl adjacent to an activating group) is 1. The number of carboxylic acid groups (broad SMARTS) is 2. The first-order valence-corrected chi connectivity index (χ1v) is 9.10. The van der Waals surface area contributed by atoms with Gasteiger partial charge in [-0.2, -0.15) is 0 Å². The van der Waals surface area contributed by atoms with Gasteiger partial charge < -0.3 is 15.1 Å². The molecule has 0 aromatic carbocycles. The van der Waals surface area contributed by atoms with Crippen molar-refractivity contribution in [2.45, 2.75) is 90.0 Å². The first-order valence-electron chi connectivity index (χ1n) is 9.10. The van der Waals surface area contributed by atoms with Crippen LogP contribution in [0.3, 0.4) is 0 Å². The molecule has 2 N–H and O–H groups in total. The third kappa shape index (κ3) is 11.0. The van der Waals surface area contributed by atoms with Gasteiger partial charge in [-0.05, 0) is 12.8 Å². The highest BCUT2D eigenvalue weighted by Crippen LogP contribution is 2.13. The summed E-state index contributed by atoms with van der Waals surface area (Å²) in [5, 5.41) is 17.8. The highest BCUT2D eigenvalue weighted by Gasteiger charge is 2.26. The van der Waals surface area contributed by atoms with E-state index < -0.39 is 18.0 Å². The van der Waals surface area contributed by atoms with Gasteiger partial charge in [0.1, 0.15) is 6.04 Å². The Morgan fingerprint density at radius 2 is 1.33 bits per heavy atom. The van der Waals surface area contributed by atoms with Crippen molar-refractivity contribution in [2.75, 3.05) is 7.05 Å². The van der Waals surface area contributed by atoms with Crippen LogP contribution >= 0.6 is 0 Å². The molecular formula is C18H33NO5. The number of rotatable bonds is 15. The quantitative estimate of drug-likeness (QED) is 0.442. The van der Waals surface area contributed by atoms with Gasteiger partial charge in [-0.15, -0.1) is 0 Å². The molecule has 0 aromatic heterocycles. The Balaban J connectivity index is 3.91. The van der Waals surface area contributed by atoms with Crippen LogP contribution in [0.2, 0.25) is 0 Å². The second-order valence-corrected chi connectivity index (χ2v) is 6.37. The molecule has 0 heterocycles. The van der Waals surface area contributed by atoms with Crippen LogP contribution in [-0.2, 0) is 14.4 Å². The molecule has 0 aliphatic carbocycles. The molecule has 6 nitrogen and oxygen atoms in total. The number of carbonyl (C=O) groups excluding carboxylic acids is 1. The van der Waals surface area contributed by atoms with E-state index in [4.69, 9.17) is 10.2 Å². The van der Waals surface area contributed by atoms with Gasteiger partial charge in [-0.25, -0.2) is 4.79 Å². The predicted octanol–water partition coefficient (Wildman–Crippen LogP) is 3.68. The monoisotopic (exact) mass is 343 g/mol. The molecule has 6 heteroatoms. The molecule has 0 bridgehead atoms.